The molecule has 0 radical (unpaired) electrons. The molecule has 3 nitrogen and oxygen atoms in total. The number of halogens is 1. The second-order valence-electron chi connectivity index (χ2n) is 3.14. The predicted octanol–water partition coefficient (Wildman–Crippen LogP) is 2.62. The van der Waals surface area contributed by atoms with Gasteiger partial charge in [0.1, 0.15) is 0 Å². The number of ether oxygens (including phenoxy) is 1. The maximum absolute atomic E-state index is 11.0. The van der Waals surface area contributed by atoms with Gasteiger partial charge < -0.3 is 10.1 Å². The summed E-state index contributed by atoms with van der Waals surface area (Å²) < 4.78 is 5.82. The summed E-state index contributed by atoms with van der Waals surface area (Å²) in [5.74, 6) is 0. The van der Waals surface area contributed by atoms with E-state index < -0.39 is 0 Å². The van der Waals surface area contributed by atoms with Gasteiger partial charge in [-0.3, -0.25) is 0 Å². The lowest BCUT2D eigenvalue weighted by Crippen LogP contribution is -2.35. The summed E-state index contributed by atoms with van der Waals surface area (Å²) in [5.41, 5.74) is 1.10. The number of alkyl carbamates (subject to hydrolysis) is 1. The van der Waals surface area contributed by atoms with Crippen LogP contribution in [0.2, 0.25) is 0 Å². The second kappa shape index (κ2) is 4.00. The normalized spacial score (nSPS) is 21.2. The molecule has 1 aromatic rings. The third-order valence-electron chi connectivity index (χ3n) is 2.21. The Morgan fingerprint density at radius 2 is 2.21 bits per heavy atom. The maximum Gasteiger partial charge on any atom is 0.407 e. The lowest BCUT2D eigenvalue weighted by Gasteiger charge is -2.24. The highest BCUT2D eigenvalue weighted by molar-refractivity contribution is 9.10. The Morgan fingerprint density at radius 1 is 1.43 bits per heavy atom. The van der Waals surface area contributed by atoms with Crippen molar-refractivity contribution in [3.05, 3.63) is 34.3 Å². The van der Waals surface area contributed by atoms with Gasteiger partial charge in [-0.1, -0.05) is 34.1 Å². The standard InChI is InChI=1S/C10H10BrNO2/c11-8-4-2-1-3-7(8)9-5-6-14-10(13)12-9/h1-4,9H,5-6H2,(H,12,13)/t9-/m1/s1. The first kappa shape index (κ1) is 9.52. The lowest BCUT2D eigenvalue weighted by atomic mass is 10.0. The summed E-state index contributed by atoms with van der Waals surface area (Å²) in [6.07, 6.45) is 0.478. The molecule has 0 unspecified atom stereocenters. The summed E-state index contributed by atoms with van der Waals surface area (Å²) >= 11 is 3.46. The molecule has 0 saturated carbocycles. The number of amides is 1. The lowest BCUT2D eigenvalue weighted by molar-refractivity contribution is 0.115. The average Bonchev–Trinajstić information content (AvgIpc) is 2.18. The highest BCUT2D eigenvalue weighted by atomic mass is 79.9. The molecule has 1 saturated heterocycles. The van der Waals surface area contributed by atoms with Crippen LogP contribution >= 0.6 is 15.9 Å². The summed E-state index contributed by atoms with van der Waals surface area (Å²) in [5, 5.41) is 2.78. The van der Waals surface area contributed by atoms with Gasteiger partial charge in [-0.15, -0.1) is 0 Å². The van der Waals surface area contributed by atoms with Gasteiger partial charge in [-0.05, 0) is 11.6 Å². The van der Waals surface area contributed by atoms with Crippen molar-refractivity contribution in [1.29, 1.82) is 0 Å². The van der Waals surface area contributed by atoms with Crippen LogP contribution < -0.4 is 5.32 Å². The van der Waals surface area contributed by atoms with E-state index in [-0.39, 0.29) is 12.1 Å². The van der Waals surface area contributed by atoms with Crippen LogP contribution in [0.15, 0.2) is 28.7 Å². The molecule has 0 spiro atoms. The van der Waals surface area contributed by atoms with Crippen LogP contribution in [0.3, 0.4) is 0 Å². The fourth-order valence-electron chi connectivity index (χ4n) is 1.52. The van der Waals surface area contributed by atoms with Crippen LogP contribution in [-0.2, 0) is 4.74 Å². The van der Waals surface area contributed by atoms with Crippen molar-refractivity contribution in [2.75, 3.05) is 6.61 Å². The van der Waals surface area contributed by atoms with Crippen LogP contribution in [0.4, 0.5) is 4.79 Å². The molecule has 1 N–H and O–H groups in total. The minimum Gasteiger partial charge on any atom is -0.449 e. The molecule has 1 aliphatic rings. The highest BCUT2D eigenvalue weighted by Gasteiger charge is 2.21. The van der Waals surface area contributed by atoms with Crippen molar-refractivity contribution in [1.82, 2.24) is 5.32 Å². The van der Waals surface area contributed by atoms with Crippen LogP contribution in [-0.4, -0.2) is 12.7 Å². The Hall–Kier alpha value is -1.03. The molecular weight excluding hydrogens is 246 g/mol. The van der Waals surface area contributed by atoms with Crippen molar-refractivity contribution in [3.8, 4) is 0 Å². The Kier molecular flexibility index (Phi) is 2.72. The van der Waals surface area contributed by atoms with Gasteiger partial charge >= 0.3 is 6.09 Å². The van der Waals surface area contributed by atoms with Gasteiger partial charge in [0.05, 0.1) is 12.6 Å². The van der Waals surface area contributed by atoms with Gasteiger partial charge in [0.2, 0.25) is 0 Å². The fourth-order valence-corrected chi connectivity index (χ4v) is 2.08. The molecule has 74 valence electrons. The SMILES string of the molecule is O=C1N[C@@H](c2ccccc2Br)CCO1. The van der Waals surface area contributed by atoms with Crippen LogP contribution in [0.1, 0.15) is 18.0 Å². The smallest absolute Gasteiger partial charge is 0.407 e. The molecule has 1 fully saturated rings. The first-order valence-electron chi connectivity index (χ1n) is 4.45. The largest absolute Gasteiger partial charge is 0.449 e. The van der Waals surface area contributed by atoms with E-state index in [4.69, 9.17) is 4.74 Å². The Bertz CT molecular complexity index is 354. The molecule has 2 rings (SSSR count). The number of hydrogen-bond donors (Lipinski definition) is 1. The molecule has 0 bridgehead atoms. The Balaban J connectivity index is 2.22. The first-order valence-corrected chi connectivity index (χ1v) is 5.24. The number of benzene rings is 1. The molecule has 1 heterocycles. The van der Waals surface area contributed by atoms with E-state index in [0.717, 1.165) is 16.5 Å². The van der Waals surface area contributed by atoms with Crippen molar-refractivity contribution in [3.63, 3.8) is 0 Å². The van der Waals surface area contributed by atoms with Crippen molar-refractivity contribution in [2.45, 2.75) is 12.5 Å². The van der Waals surface area contributed by atoms with Gasteiger partial charge in [-0.25, -0.2) is 4.79 Å². The number of carbonyl (C=O) groups is 1. The summed E-state index contributed by atoms with van der Waals surface area (Å²) in [6.45, 7) is 0.484. The van der Waals surface area contributed by atoms with Gasteiger partial charge in [-0.2, -0.15) is 0 Å². The molecule has 0 aromatic heterocycles. The molecule has 1 aliphatic heterocycles. The molecular formula is C10H10BrNO2. The zero-order valence-corrected chi connectivity index (χ0v) is 9.08. The van der Waals surface area contributed by atoms with E-state index in [2.05, 4.69) is 21.2 Å². The minimum absolute atomic E-state index is 0.0619. The number of hydrogen-bond acceptors (Lipinski definition) is 2. The maximum atomic E-state index is 11.0. The molecule has 1 aromatic carbocycles. The Morgan fingerprint density at radius 3 is 2.93 bits per heavy atom. The highest BCUT2D eigenvalue weighted by Crippen LogP contribution is 2.26. The van der Waals surface area contributed by atoms with Crippen molar-refractivity contribution in [2.24, 2.45) is 0 Å². The van der Waals surface area contributed by atoms with Crippen LogP contribution in [0, 0.1) is 0 Å². The van der Waals surface area contributed by atoms with Gasteiger partial charge in [0.15, 0.2) is 0 Å². The summed E-state index contributed by atoms with van der Waals surface area (Å²) in [6, 6.07) is 7.94. The Labute approximate surface area is 90.6 Å². The zero-order valence-electron chi connectivity index (χ0n) is 7.50. The van der Waals surface area contributed by atoms with E-state index in [0.29, 0.717) is 6.61 Å². The van der Waals surface area contributed by atoms with Crippen molar-refractivity contribution < 1.29 is 9.53 Å². The van der Waals surface area contributed by atoms with E-state index in [1.54, 1.807) is 0 Å². The minimum atomic E-state index is -0.336. The van der Waals surface area contributed by atoms with E-state index >= 15 is 0 Å². The monoisotopic (exact) mass is 255 g/mol. The van der Waals surface area contributed by atoms with Crippen molar-refractivity contribution >= 4 is 22.0 Å². The molecule has 14 heavy (non-hydrogen) atoms. The summed E-state index contributed by atoms with van der Waals surface area (Å²) in [4.78, 5) is 11.0. The third-order valence-corrected chi connectivity index (χ3v) is 2.93. The molecule has 1 amide bonds. The van der Waals surface area contributed by atoms with Crippen LogP contribution in [0.25, 0.3) is 0 Å². The molecule has 1 atom stereocenters. The quantitative estimate of drug-likeness (QED) is 0.838. The topological polar surface area (TPSA) is 38.3 Å². The number of carbonyl (C=O) groups excluding carboxylic acids is 1. The molecule has 0 aliphatic carbocycles. The predicted molar refractivity (Wildman–Crippen MR) is 56.0 cm³/mol. The molecule has 4 heteroatoms. The second-order valence-corrected chi connectivity index (χ2v) is 4.00. The average molecular weight is 256 g/mol. The third kappa shape index (κ3) is 1.90. The number of nitrogens with one attached hydrogen (secondary N) is 1. The first-order chi connectivity index (χ1) is 6.77. The zero-order chi connectivity index (χ0) is 9.97. The van der Waals surface area contributed by atoms with Gasteiger partial charge in [0, 0.05) is 10.9 Å². The van der Waals surface area contributed by atoms with Crippen LogP contribution in [0.5, 0.6) is 0 Å². The fraction of sp³-hybridized carbons (Fsp3) is 0.300. The summed E-state index contributed by atoms with van der Waals surface area (Å²) in [7, 11) is 0. The number of rotatable bonds is 1. The number of cyclic esters (lactones) is 1. The van der Waals surface area contributed by atoms with E-state index in [1.807, 2.05) is 24.3 Å². The van der Waals surface area contributed by atoms with Gasteiger partial charge in [0.25, 0.3) is 0 Å². The van der Waals surface area contributed by atoms with E-state index in [1.165, 1.54) is 0 Å². The van der Waals surface area contributed by atoms with E-state index in [9.17, 15) is 4.79 Å².